The number of carbonyl (C=O) groups excluding carboxylic acids is 1. The third kappa shape index (κ3) is 5.08. The van der Waals surface area contributed by atoms with Crippen molar-refractivity contribution < 1.29 is 22.8 Å². The molecule has 3 aromatic rings. The number of aryl methyl sites for hydroxylation is 1. The second kappa shape index (κ2) is 10.2. The van der Waals surface area contributed by atoms with Gasteiger partial charge in [-0.05, 0) is 25.0 Å². The van der Waals surface area contributed by atoms with Crippen molar-refractivity contribution in [3.8, 4) is 11.3 Å². The molecular weight excluding hydrogens is 523 g/mol. The lowest BCUT2D eigenvalue weighted by Gasteiger charge is -2.33. The molecule has 9 nitrogen and oxygen atoms in total. The number of aliphatic hydroxyl groups excluding tert-OH is 1. The molecule has 0 spiro atoms. The van der Waals surface area contributed by atoms with Crippen molar-refractivity contribution in [1.82, 2.24) is 14.9 Å². The molecule has 1 amide bonds. The van der Waals surface area contributed by atoms with Crippen LogP contribution >= 0.6 is 34.5 Å². The van der Waals surface area contributed by atoms with Gasteiger partial charge in [-0.15, -0.1) is 11.3 Å². The van der Waals surface area contributed by atoms with Crippen LogP contribution in [0, 0.1) is 5.92 Å². The number of hydrogen-bond donors (Lipinski definition) is 2. The molecule has 0 unspecified atom stereocenters. The van der Waals surface area contributed by atoms with Crippen molar-refractivity contribution in [3.05, 3.63) is 45.1 Å². The Morgan fingerprint density at radius 1 is 1.32 bits per heavy atom. The average Bonchev–Trinajstić information content (AvgIpc) is 3.48. The molecular formula is C21H22Cl2N4O5S2. The average molecular weight is 545 g/mol. The van der Waals surface area contributed by atoms with E-state index >= 15 is 0 Å². The van der Waals surface area contributed by atoms with Crippen molar-refractivity contribution in [1.29, 1.82) is 0 Å². The van der Waals surface area contributed by atoms with Crippen molar-refractivity contribution in [3.63, 3.8) is 0 Å². The van der Waals surface area contributed by atoms with Gasteiger partial charge in [0, 0.05) is 48.8 Å². The van der Waals surface area contributed by atoms with E-state index in [0.717, 1.165) is 11.3 Å². The van der Waals surface area contributed by atoms with Gasteiger partial charge in [0.25, 0.3) is 10.0 Å². The Balaban J connectivity index is 1.45. The van der Waals surface area contributed by atoms with Crippen LogP contribution in [0.3, 0.4) is 0 Å². The number of aromatic nitrogens is 2. The van der Waals surface area contributed by atoms with E-state index in [2.05, 4.69) is 14.9 Å². The maximum absolute atomic E-state index is 12.6. The molecule has 13 heteroatoms. The number of anilines is 1. The zero-order chi connectivity index (χ0) is 24.5. The van der Waals surface area contributed by atoms with Crippen molar-refractivity contribution in [2.24, 2.45) is 5.92 Å². The molecule has 4 heterocycles. The molecule has 4 rings (SSSR count). The molecule has 3 aromatic heterocycles. The lowest BCUT2D eigenvalue weighted by molar-refractivity contribution is -0.123. The lowest BCUT2D eigenvalue weighted by atomic mass is 9.96. The standard InChI is InChI=1S/C21H22Cl2N4O5S2/c1-2-13-9-16(25-32-13)14-10-24-20(19(23)15(14)11-28)27-7-5-12(6-8-27)21(29)26-34(30,31)18-4-3-17(22)33-18/h3-4,9-10,12,28H,2,5-8,11H2,1H3,(H,26,29). The maximum atomic E-state index is 12.6. The first kappa shape index (κ1) is 24.9. The zero-order valence-electron chi connectivity index (χ0n) is 18.1. The van der Waals surface area contributed by atoms with Gasteiger partial charge in [0.05, 0.1) is 16.0 Å². The van der Waals surface area contributed by atoms with Crippen LogP contribution in [0.2, 0.25) is 9.36 Å². The van der Waals surface area contributed by atoms with E-state index in [-0.39, 0.29) is 10.8 Å². The third-order valence-corrected chi connectivity index (χ3v) is 9.12. The van der Waals surface area contributed by atoms with Crippen molar-refractivity contribution >= 4 is 56.3 Å². The number of thiophene rings is 1. The number of halogens is 2. The van der Waals surface area contributed by atoms with Gasteiger partial charge in [0.2, 0.25) is 5.91 Å². The van der Waals surface area contributed by atoms with Crippen LogP contribution in [-0.4, -0.2) is 42.7 Å². The van der Waals surface area contributed by atoms with Crippen LogP contribution in [-0.2, 0) is 27.8 Å². The van der Waals surface area contributed by atoms with E-state index < -0.39 is 21.8 Å². The van der Waals surface area contributed by atoms with Crippen LogP contribution in [0.25, 0.3) is 11.3 Å². The summed E-state index contributed by atoms with van der Waals surface area (Å²) >= 11 is 13.3. The van der Waals surface area contributed by atoms with Gasteiger partial charge in [-0.1, -0.05) is 35.3 Å². The highest BCUT2D eigenvalue weighted by Crippen LogP contribution is 2.36. The van der Waals surface area contributed by atoms with Gasteiger partial charge in [-0.3, -0.25) is 4.79 Å². The van der Waals surface area contributed by atoms with E-state index in [1.165, 1.54) is 12.1 Å². The van der Waals surface area contributed by atoms with Gasteiger partial charge in [-0.2, -0.15) is 0 Å². The summed E-state index contributed by atoms with van der Waals surface area (Å²) in [5, 5.41) is 14.3. The first-order chi connectivity index (χ1) is 16.2. The molecule has 1 aliphatic rings. The van der Waals surface area contributed by atoms with Crippen molar-refractivity contribution in [2.45, 2.75) is 37.0 Å². The Hall–Kier alpha value is -2.18. The molecule has 0 bridgehead atoms. The monoisotopic (exact) mass is 544 g/mol. The van der Waals surface area contributed by atoms with Gasteiger partial charge < -0.3 is 14.5 Å². The zero-order valence-corrected chi connectivity index (χ0v) is 21.3. The molecule has 0 saturated carbocycles. The third-order valence-electron chi connectivity index (χ3n) is 5.66. The summed E-state index contributed by atoms with van der Waals surface area (Å²) in [7, 11) is -3.95. The van der Waals surface area contributed by atoms with Crippen LogP contribution in [0.5, 0.6) is 0 Å². The number of aliphatic hydroxyl groups is 1. The number of pyridine rings is 1. The smallest absolute Gasteiger partial charge is 0.273 e. The first-order valence-electron chi connectivity index (χ1n) is 10.5. The van der Waals surface area contributed by atoms with Crippen molar-refractivity contribution in [2.75, 3.05) is 18.0 Å². The van der Waals surface area contributed by atoms with Crippen LogP contribution < -0.4 is 9.62 Å². The molecule has 182 valence electrons. The van der Waals surface area contributed by atoms with E-state index in [1.807, 2.05) is 11.8 Å². The molecule has 0 aromatic carbocycles. The summed E-state index contributed by atoms with van der Waals surface area (Å²) in [6.45, 7) is 2.54. The second-order valence-corrected chi connectivity index (χ2v) is 11.8. The fourth-order valence-corrected chi connectivity index (χ4v) is 6.63. The first-order valence-corrected chi connectivity index (χ1v) is 13.6. The lowest BCUT2D eigenvalue weighted by Crippen LogP contribution is -2.42. The number of nitrogens with zero attached hydrogens (tertiary/aromatic N) is 3. The predicted molar refractivity (Wildman–Crippen MR) is 130 cm³/mol. The molecule has 1 saturated heterocycles. The van der Waals surface area contributed by atoms with Crippen LogP contribution in [0.15, 0.2) is 33.1 Å². The summed E-state index contributed by atoms with van der Waals surface area (Å²) in [5.41, 5.74) is 1.63. The summed E-state index contributed by atoms with van der Waals surface area (Å²) < 4.78 is 32.6. The summed E-state index contributed by atoms with van der Waals surface area (Å²) in [6.07, 6.45) is 3.13. The maximum Gasteiger partial charge on any atom is 0.273 e. The number of sulfonamides is 1. The minimum absolute atomic E-state index is 0.00550. The Labute approximate surface area is 210 Å². The molecule has 2 N–H and O–H groups in total. The fraction of sp³-hybridized carbons (Fsp3) is 0.381. The Kier molecular flexibility index (Phi) is 7.48. The van der Waals surface area contributed by atoms with Gasteiger partial charge in [0.15, 0.2) is 0 Å². The number of hydrogen-bond acceptors (Lipinski definition) is 9. The summed E-state index contributed by atoms with van der Waals surface area (Å²) in [6, 6.07) is 4.62. The quantitative estimate of drug-likeness (QED) is 0.458. The largest absolute Gasteiger partial charge is 0.392 e. The Morgan fingerprint density at radius 3 is 2.65 bits per heavy atom. The second-order valence-electron chi connectivity index (χ2n) is 7.77. The van der Waals surface area contributed by atoms with Gasteiger partial charge in [0.1, 0.15) is 21.5 Å². The highest BCUT2D eigenvalue weighted by Gasteiger charge is 2.30. The SMILES string of the molecule is CCc1cc(-c2cnc(N3CCC(C(=O)NS(=O)(=O)c4ccc(Cl)s4)CC3)c(Cl)c2CO)no1. The van der Waals surface area contributed by atoms with E-state index in [0.29, 0.717) is 70.1 Å². The molecule has 1 aliphatic heterocycles. The number of amides is 1. The highest BCUT2D eigenvalue weighted by molar-refractivity contribution is 7.92. The normalized spacial score (nSPS) is 15.0. The van der Waals surface area contributed by atoms with E-state index in [1.54, 1.807) is 12.3 Å². The summed E-state index contributed by atoms with van der Waals surface area (Å²) in [5.74, 6) is 0.184. The molecule has 1 fully saturated rings. The number of nitrogens with one attached hydrogen (secondary N) is 1. The van der Waals surface area contributed by atoms with E-state index in [4.69, 9.17) is 27.7 Å². The molecule has 0 aliphatic carbocycles. The minimum atomic E-state index is -3.95. The van der Waals surface area contributed by atoms with E-state index in [9.17, 15) is 18.3 Å². The van der Waals surface area contributed by atoms with Crippen LogP contribution in [0.4, 0.5) is 5.82 Å². The molecule has 0 radical (unpaired) electrons. The topological polar surface area (TPSA) is 126 Å². The highest BCUT2D eigenvalue weighted by atomic mass is 35.5. The number of piperidine rings is 1. The summed E-state index contributed by atoms with van der Waals surface area (Å²) in [4.78, 5) is 19.0. The minimum Gasteiger partial charge on any atom is -0.392 e. The fourth-order valence-electron chi connectivity index (χ4n) is 3.78. The Bertz CT molecular complexity index is 1300. The molecule has 34 heavy (non-hydrogen) atoms. The van der Waals surface area contributed by atoms with Gasteiger partial charge >= 0.3 is 0 Å². The number of rotatable bonds is 7. The number of carbonyl (C=O) groups is 1. The predicted octanol–water partition coefficient (Wildman–Crippen LogP) is 3.88. The Morgan fingerprint density at radius 2 is 2.06 bits per heavy atom. The van der Waals surface area contributed by atoms with Gasteiger partial charge in [-0.25, -0.2) is 18.1 Å². The van der Waals surface area contributed by atoms with Crippen LogP contribution in [0.1, 0.15) is 31.1 Å². The molecule has 0 atom stereocenters.